The standard InChI is InChI=1S/C34H42O15/c1-7-29-11-20-28(6,22(45-15(2)35)18-8-9-43-12-18)23(46-16(3)36)24(47-17(4)37)34(42)30-14-44-21(38)10-19(30)27(5)13-31(30,40)32(41,25(27)39)26(48-29)33(20,34)49-29/h8-9,12,19-20,22-26,39-42H,7,10-11,13-14H2,1-6H3/t19?,20-,22+,23+,24-,25+,26-,27-,28-,29+,30-,31-,32+,33-,34+/m1/s1. The molecule has 3 saturated heterocycles. The molecule has 0 amide bonds. The maximum Gasteiger partial charge on any atom is 0.306 e. The van der Waals surface area contributed by atoms with E-state index in [1.165, 1.54) is 19.5 Å². The summed E-state index contributed by atoms with van der Waals surface area (Å²) in [5.41, 5.74) is -14.5. The number of aliphatic hydroxyl groups excluding tert-OH is 1. The van der Waals surface area contributed by atoms with E-state index in [4.69, 9.17) is 32.8 Å². The van der Waals surface area contributed by atoms with Gasteiger partial charge in [-0.1, -0.05) is 20.8 Å². The molecule has 4 bridgehead atoms. The Morgan fingerprint density at radius 3 is 2.29 bits per heavy atom. The zero-order valence-electron chi connectivity index (χ0n) is 28.1. The number of esters is 4. The van der Waals surface area contributed by atoms with Gasteiger partial charge in [-0.2, -0.15) is 0 Å². The van der Waals surface area contributed by atoms with Crippen LogP contribution in [-0.2, 0) is 47.6 Å². The van der Waals surface area contributed by atoms with Crippen LogP contribution in [0.5, 0.6) is 0 Å². The molecule has 7 aliphatic rings. The molecule has 15 atom stereocenters. The monoisotopic (exact) mass is 690 g/mol. The number of carbonyl (C=O) groups is 4. The second-order valence-electron chi connectivity index (χ2n) is 15.8. The van der Waals surface area contributed by atoms with Gasteiger partial charge in [-0.05, 0) is 24.8 Å². The number of ether oxygens (including phenoxy) is 6. The molecule has 49 heavy (non-hydrogen) atoms. The highest BCUT2D eigenvalue weighted by molar-refractivity contribution is 5.73. The van der Waals surface area contributed by atoms with Crippen LogP contribution >= 0.6 is 0 Å². The lowest BCUT2D eigenvalue weighted by Gasteiger charge is -2.77. The number of furan rings is 1. The molecule has 8 rings (SSSR count). The van der Waals surface area contributed by atoms with Crippen molar-refractivity contribution < 1.29 is 72.4 Å². The number of rotatable bonds is 6. The molecule has 0 aromatic carbocycles. The van der Waals surface area contributed by atoms with Gasteiger partial charge in [0.15, 0.2) is 18.0 Å². The lowest BCUT2D eigenvalue weighted by atomic mass is 9.32. The first-order valence-corrected chi connectivity index (χ1v) is 16.7. The van der Waals surface area contributed by atoms with E-state index in [1.54, 1.807) is 26.8 Å². The van der Waals surface area contributed by atoms with E-state index >= 15 is 0 Å². The Kier molecular flexibility index (Phi) is 6.36. The number of fused-ring (bicyclic) bond motifs is 4. The van der Waals surface area contributed by atoms with E-state index in [9.17, 15) is 39.6 Å². The predicted molar refractivity (Wildman–Crippen MR) is 157 cm³/mol. The van der Waals surface area contributed by atoms with Crippen LogP contribution in [-0.4, -0.2) is 104 Å². The van der Waals surface area contributed by atoms with Crippen LogP contribution in [0.2, 0.25) is 0 Å². The van der Waals surface area contributed by atoms with Gasteiger partial charge in [0.1, 0.15) is 41.2 Å². The molecule has 268 valence electrons. The van der Waals surface area contributed by atoms with Crippen molar-refractivity contribution in [1.82, 2.24) is 0 Å². The number of hydrogen-bond acceptors (Lipinski definition) is 15. The van der Waals surface area contributed by atoms with Crippen LogP contribution in [0.25, 0.3) is 0 Å². The third-order valence-corrected chi connectivity index (χ3v) is 14.0. The van der Waals surface area contributed by atoms with Crippen molar-refractivity contribution in [3.8, 4) is 0 Å². The third kappa shape index (κ3) is 3.20. The van der Waals surface area contributed by atoms with E-state index < -0.39 is 117 Å². The third-order valence-electron chi connectivity index (χ3n) is 14.0. The lowest BCUT2D eigenvalue weighted by molar-refractivity contribution is -0.450. The first-order valence-electron chi connectivity index (χ1n) is 16.7. The van der Waals surface area contributed by atoms with E-state index in [0.29, 0.717) is 5.56 Å². The number of carbonyl (C=O) groups excluding carboxylic acids is 4. The minimum absolute atomic E-state index is 0.0125. The summed E-state index contributed by atoms with van der Waals surface area (Å²) in [5.74, 6) is -6.78. The van der Waals surface area contributed by atoms with Crippen molar-refractivity contribution in [1.29, 1.82) is 0 Å². The van der Waals surface area contributed by atoms with E-state index in [0.717, 1.165) is 13.8 Å². The Morgan fingerprint density at radius 1 is 1.02 bits per heavy atom. The van der Waals surface area contributed by atoms with Gasteiger partial charge in [0, 0.05) is 50.5 Å². The Labute approximate surface area is 281 Å². The largest absolute Gasteiger partial charge is 0.472 e. The van der Waals surface area contributed by atoms with Crippen LogP contribution < -0.4 is 0 Å². The van der Waals surface area contributed by atoms with Crippen LogP contribution in [0.15, 0.2) is 23.0 Å². The van der Waals surface area contributed by atoms with Gasteiger partial charge in [-0.3, -0.25) is 19.2 Å². The van der Waals surface area contributed by atoms with Gasteiger partial charge in [-0.25, -0.2) is 0 Å². The lowest BCUT2D eigenvalue weighted by Crippen LogP contribution is -2.97. The summed E-state index contributed by atoms with van der Waals surface area (Å²) < 4.78 is 42.9. The smallest absolute Gasteiger partial charge is 0.306 e. The number of aliphatic hydroxyl groups is 4. The highest BCUT2D eigenvalue weighted by atomic mass is 16.8. The summed E-state index contributed by atoms with van der Waals surface area (Å²) in [7, 11) is 0. The molecule has 2 spiro atoms. The summed E-state index contributed by atoms with van der Waals surface area (Å²) >= 11 is 0. The molecule has 4 aliphatic carbocycles. The second kappa shape index (κ2) is 9.42. The molecule has 1 unspecified atom stereocenters. The minimum Gasteiger partial charge on any atom is -0.472 e. The van der Waals surface area contributed by atoms with Gasteiger partial charge in [0.25, 0.3) is 0 Å². The molecule has 1 aromatic rings. The first kappa shape index (κ1) is 33.1. The van der Waals surface area contributed by atoms with Crippen molar-refractivity contribution in [2.75, 3.05) is 6.61 Å². The summed E-state index contributed by atoms with van der Waals surface area (Å²) in [6, 6.07) is 1.56. The SMILES string of the molecule is CC[C@@]12C[C@@H]3[C@](C)([C@@H](OC(C)=O)c4ccoc4)[C@@H](OC(C)=O)[C@@H](OC(C)=O)[C@@]4(O)[C@]3(O1)[C@H](O2)[C@@]1(O)[C@@H](O)[C@]2(C)C[C@@]1(O)[C@]41COC(=O)CC12. The van der Waals surface area contributed by atoms with Gasteiger partial charge >= 0.3 is 23.9 Å². The Bertz CT molecular complexity index is 1660. The topological polar surface area (TPSA) is 218 Å². The maximum atomic E-state index is 14.1. The van der Waals surface area contributed by atoms with E-state index in [-0.39, 0.29) is 25.7 Å². The first-order chi connectivity index (χ1) is 22.8. The summed E-state index contributed by atoms with van der Waals surface area (Å²) in [5, 5.41) is 52.4. The molecule has 15 heteroatoms. The predicted octanol–water partition coefficient (Wildman–Crippen LogP) is 0.588. The molecular weight excluding hydrogens is 648 g/mol. The fraction of sp³-hybridized carbons (Fsp3) is 0.765. The van der Waals surface area contributed by atoms with Crippen LogP contribution in [0.3, 0.4) is 0 Å². The van der Waals surface area contributed by atoms with E-state index in [1.807, 2.05) is 0 Å². The summed E-state index contributed by atoms with van der Waals surface area (Å²) in [4.78, 5) is 52.2. The molecule has 1 aromatic heterocycles. The zero-order valence-corrected chi connectivity index (χ0v) is 28.1. The molecule has 0 radical (unpaired) electrons. The van der Waals surface area contributed by atoms with E-state index in [2.05, 4.69) is 0 Å². The Morgan fingerprint density at radius 2 is 1.69 bits per heavy atom. The highest BCUT2D eigenvalue weighted by Gasteiger charge is 3.03. The highest BCUT2D eigenvalue weighted by Crippen LogP contribution is 2.87. The quantitative estimate of drug-likeness (QED) is 0.237. The molecule has 4 saturated carbocycles. The zero-order chi connectivity index (χ0) is 35.5. The van der Waals surface area contributed by atoms with Crippen LogP contribution in [0.1, 0.15) is 78.9 Å². The molecule has 15 nitrogen and oxygen atoms in total. The van der Waals surface area contributed by atoms with Gasteiger partial charge in [0.05, 0.1) is 29.5 Å². The molecular formula is C34H42O15. The summed E-state index contributed by atoms with van der Waals surface area (Å²) in [6.07, 6.45) is -5.95. The fourth-order valence-corrected chi connectivity index (χ4v) is 12.5. The van der Waals surface area contributed by atoms with Crippen LogP contribution in [0.4, 0.5) is 0 Å². The second-order valence-corrected chi connectivity index (χ2v) is 15.8. The number of cyclic esters (lactones) is 1. The molecule has 3 aliphatic heterocycles. The average Bonchev–Trinajstić information content (AvgIpc) is 3.82. The van der Waals surface area contributed by atoms with Gasteiger partial charge in [0.2, 0.25) is 0 Å². The normalized spacial score (nSPS) is 53.3. The van der Waals surface area contributed by atoms with Crippen molar-refractivity contribution in [3.63, 3.8) is 0 Å². The van der Waals surface area contributed by atoms with Crippen molar-refractivity contribution >= 4 is 23.9 Å². The van der Waals surface area contributed by atoms with Crippen LogP contribution in [0, 0.1) is 28.1 Å². The Balaban J connectivity index is 1.51. The molecule has 4 heterocycles. The fourth-order valence-electron chi connectivity index (χ4n) is 12.5. The number of hydrogen-bond donors (Lipinski definition) is 4. The van der Waals surface area contributed by atoms with Crippen molar-refractivity contribution in [3.05, 3.63) is 24.2 Å². The van der Waals surface area contributed by atoms with Gasteiger partial charge in [-0.15, -0.1) is 0 Å². The van der Waals surface area contributed by atoms with Crippen molar-refractivity contribution in [2.45, 2.75) is 126 Å². The molecule has 4 N–H and O–H groups in total. The maximum absolute atomic E-state index is 14.1. The minimum atomic E-state index is -2.63. The van der Waals surface area contributed by atoms with Gasteiger partial charge < -0.3 is 53.3 Å². The molecule has 7 fully saturated rings. The Hall–Kier alpha value is -3.08. The average molecular weight is 691 g/mol. The summed E-state index contributed by atoms with van der Waals surface area (Å²) in [6.45, 7) is 7.82. The van der Waals surface area contributed by atoms with Crippen molar-refractivity contribution in [2.24, 2.45) is 28.1 Å².